The van der Waals surface area contributed by atoms with Crippen molar-refractivity contribution < 1.29 is 38.5 Å². The van der Waals surface area contributed by atoms with E-state index in [-0.39, 0.29) is 62.0 Å². The summed E-state index contributed by atoms with van der Waals surface area (Å²) in [7, 11) is 0. The Bertz CT molecular complexity index is 602. The second kappa shape index (κ2) is 16.4. The van der Waals surface area contributed by atoms with E-state index in [4.69, 9.17) is 19.3 Å². The van der Waals surface area contributed by atoms with Crippen LogP contribution < -0.4 is 16.0 Å². The van der Waals surface area contributed by atoms with Gasteiger partial charge in [-0.25, -0.2) is 0 Å². The number of hydrogen-bond donors (Lipinski definition) is 4. The molecule has 0 bridgehead atoms. The van der Waals surface area contributed by atoms with Gasteiger partial charge in [-0.3, -0.25) is 19.2 Å². The van der Waals surface area contributed by atoms with Gasteiger partial charge < -0.3 is 35.3 Å². The van der Waals surface area contributed by atoms with Crippen LogP contribution in [0.2, 0.25) is 0 Å². The zero-order valence-corrected chi connectivity index (χ0v) is 19.0. The van der Waals surface area contributed by atoms with E-state index in [2.05, 4.69) is 16.0 Å². The molecule has 0 aliphatic carbocycles. The van der Waals surface area contributed by atoms with E-state index in [1.54, 1.807) is 0 Å². The summed E-state index contributed by atoms with van der Waals surface area (Å²) in [6, 6.07) is -0.284. The lowest BCUT2D eigenvalue weighted by Gasteiger charge is -2.36. The van der Waals surface area contributed by atoms with Crippen molar-refractivity contribution in [2.24, 2.45) is 0 Å². The van der Waals surface area contributed by atoms with Crippen LogP contribution in [0.4, 0.5) is 0 Å². The smallest absolute Gasteiger partial charge is 0.302 e. The third-order valence-electron chi connectivity index (χ3n) is 4.73. The molecule has 1 rings (SSSR count). The molecule has 1 aliphatic heterocycles. The van der Waals surface area contributed by atoms with Crippen molar-refractivity contribution >= 4 is 23.7 Å². The number of carbonyl (C=O) groups excluding carboxylic acids is 4. The number of aliphatic hydroxyl groups is 1. The number of hydrogen-bond acceptors (Lipinski definition) is 8. The molecule has 0 spiro atoms. The summed E-state index contributed by atoms with van der Waals surface area (Å²) < 4.78 is 16.6. The van der Waals surface area contributed by atoms with Gasteiger partial charge in [-0.1, -0.05) is 0 Å². The van der Waals surface area contributed by atoms with Gasteiger partial charge in [0, 0.05) is 53.0 Å². The molecule has 0 radical (unpaired) electrons. The third-order valence-corrected chi connectivity index (χ3v) is 4.73. The topological polar surface area (TPSA) is 152 Å². The number of rotatable bonds is 15. The van der Waals surface area contributed by atoms with E-state index in [1.165, 1.54) is 13.8 Å². The fourth-order valence-corrected chi connectivity index (χ4v) is 3.13. The quantitative estimate of drug-likeness (QED) is 0.193. The first-order valence-electron chi connectivity index (χ1n) is 11.1. The molecule has 0 aromatic heterocycles. The highest BCUT2D eigenvalue weighted by Crippen LogP contribution is 2.21. The Balaban J connectivity index is 2.23. The van der Waals surface area contributed by atoms with E-state index < -0.39 is 6.29 Å². The van der Waals surface area contributed by atoms with Crippen LogP contribution in [0, 0.1) is 0 Å². The summed E-state index contributed by atoms with van der Waals surface area (Å²) in [4.78, 5) is 45.8. The van der Waals surface area contributed by atoms with Gasteiger partial charge in [0.1, 0.15) is 6.61 Å². The van der Waals surface area contributed by atoms with Crippen molar-refractivity contribution in [3.63, 3.8) is 0 Å². The van der Waals surface area contributed by atoms with E-state index in [0.29, 0.717) is 51.7 Å². The van der Waals surface area contributed by atoms with Crippen LogP contribution >= 0.6 is 0 Å². The van der Waals surface area contributed by atoms with E-state index in [1.807, 2.05) is 0 Å². The molecule has 11 nitrogen and oxygen atoms in total. The molecule has 4 N–H and O–H groups in total. The number of ether oxygens (including phenoxy) is 3. The van der Waals surface area contributed by atoms with Crippen LogP contribution in [0.3, 0.4) is 0 Å². The normalized spacial score (nSPS) is 20.3. The highest BCUT2D eigenvalue weighted by atomic mass is 16.7. The number of carbonyl (C=O) groups is 4. The van der Waals surface area contributed by atoms with Crippen molar-refractivity contribution in [2.45, 2.75) is 77.2 Å². The predicted octanol–water partition coefficient (Wildman–Crippen LogP) is -0.249. The van der Waals surface area contributed by atoms with Crippen molar-refractivity contribution in [3.8, 4) is 0 Å². The van der Waals surface area contributed by atoms with Gasteiger partial charge in [0.25, 0.3) is 0 Å². The van der Waals surface area contributed by atoms with Gasteiger partial charge in [0.05, 0.1) is 12.1 Å². The second-order valence-electron chi connectivity index (χ2n) is 7.67. The molecule has 0 aromatic rings. The molecular weight excluding hydrogens is 422 g/mol. The van der Waals surface area contributed by atoms with Crippen LogP contribution in [0.15, 0.2) is 0 Å². The highest BCUT2D eigenvalue weighted by molar-refractivity contribution is 5.78. The third kappa shape index (κ3) is 13.2. The Kier molecular flexibility index (Phi) is 14.2. The lowest BCUT2D eigenvalue weighted by atomic mass is 10.0. The van der Waals surface area contributed by atoms with Gasteiger partial charge in [-0.05, 0) is 32.1 Å². The van der Waals surface area contributed by atoms with Crippen LogP contribution in [-0.2, 0) is 33.4 Å². The molecule has 32 heavy (non-hydrogen) atoms. The van der Waals surface area contributed by atoms with Crippen LogP contribution in [0.1, 0.15) is 58.8 Å². The number of nitrogens with one attached hydrogen (secondary N) is 3. The zero-order valence-electron chi connectivity index (χ0n) is 19.0. The SMILES string of the molecule is CC(=O)NC1CCC(COC(C)=O)OC1OCCCCC(=O)NCCC(=O)NCCCO. The molecule has 1 fully saturated rings. The molecule has 1 saturated heterocycles. The molecule has 11 heteroatoms. The molecule has 0 aromatic carbocycles. The number of amides is 3. The minimum Gasteiger partial charge on any atom is -0.463 e. The maximum Gasteiger partial charge on any atom is 0.302 e. The molecule has 0 saturated carbocycles. The van der Waals surface area contributed by atoms with Crippen molar-refractivity contribution in [2.75, 3.05) is 32.9 Å². The zero-order chi connectivity index (χ0) is 23.8. The Morgan fingerprint density at radius 1 is 0.969 bits per heavy atom. The Morgan fingerprint density at radius 2 is 1.69 bits per heavy atom. The summed E-state index contributed by atoms with van der Waals surface area (Å²) in [5.41, 5.74) is 0. The van der Waals surface area contributed by atoms with Crippen molar-refractivity contribution in [1.82, 2.24) is 16.0 Å². The average molecular weight is 460 g/mol. The van der Waals surface area contributed by atoms with Gasteiger partial charge in [-0.2, -0.15) is 0 Å². The summed E-state index contributed by atoms with van der Waals surface area (Å²) in [6.07, 6.45) is 2.57. The molecule has 3 amide bonds. The monoisotopic (exact) mass is 459 g/mol. The first-order chi connectivity index (χ1) is 15.3. The Morgan fingerprint density at radius 3 is 2.38 bits per heavy atom. The molecule has 3 unspecified atom stereocenters. The van der Waals surface area contributed by atoms with Gasteiger partial charge in [0.2, 0.25) is 17.7 Å². The summed E-state index contributed by atoms with van der Waals surface area (Å²) in [5.74, 6) is -0.861. The lowest BCUT2D eigenvalue weighted by molar-refractivity contribution is -0.217. The van der Waals surface area contributed by atoms with Gasteiger partial charge in [-0.15, -0.1) is 0 Å². The Labute approximate surface area is 188 Å². The van der Waals surface area contributed by atoms with E-state index >= 15 is 0 Å². The highest BCUT2D eigenvalue weighted by Gasteiger charge is 2.33. The molecule has 1 heterocycles. The average Bonchev–Trinajstić information content (AvgIpc) is 2.73. The first-order valence-corrected chi connectivity index (χ1v) is 11.1. The number of esters is 1. The minimum atomic E-state index is -0.647. The standard InChI is InChI=1S/C21H37N3O8/c1-15(26)24-18-8-7-17(14-31-16(2)27)32-21(18)30-13-4-3-6-19(28)23-11-9-20(29)22-10-5-12-25/h17-18,21,25H,3-14H2,1-2H3,(H,22,29)(H,23,28)(H,24,26). The van der Waals surface area contributed by atoms with E-state index in [0.717, 1.165) is 0 Å². The second-order valence-corrected chi connectivity index (χ2v) is 7.67. The van der Waals surface area contributed by atoms with Crippen LogP contribution in [0.5, 0.6) is 0 Å². The molecule has 1 aliphatic rings. The van der Waals surface area contributed by atoms with E-state index in [9.17, 15) is 19.2 Å². The molecule has 184 valence electrons. The number of unbranched alkanes of at least 4 members (excludes halogenated alkanes) is 1. The first kappa shape index (κ1) is 27.8. The molecular formula is C21H37N3O8. The number of aliphatic hydroxyl groups excluding tert-OH is 1. The Hall–Kier alpha value is -2.24. The molecule has 3 atom stereocenters. The summed E-state index contributed by atoms with van der Waals surface area (Å²) >= 11 is 0. The van der Waals surface area contributed by atoms with Crippen LogP contribution in [0.25, 0.3) is 0 Å². The van der Waals surface area contributed by atoms with Crippen LogP contribution in [-0.4, -0.2) is 80.1 Å². The largest absolute Gasteiger partial charge is 0.463 e. The fraction of sp³-hybridized carbons (Fsp3) is 0.810. The fourth-order valence-electron chi connectivity index (χ4n) is 3.13. The lowest BCUT2D eigenvalue weighted by Crippen LogP contribution is -2.51. The summed E-state index contributed by atoms with van der Waals surface area (Å²) in [5, 5.41) is 16.8. The van der Waals surface area contributed by atoms with Gasteiger partial charge in [0.15, 0.2) is 6.29 Å². The maximum atomic E-state index is 11.9. The summed E-state index contributed by atoms with van der Waals surface area (Å²) in [6.45, 7) is 3.96. The van der Waals surface area contributed by atoms with Crippen molar-refractivity contribution in [3.05, 3.63) is 0 Å². The van der Waals surface area contributed by atoms with Gasteiger partial charge >= 0.3 is 5.97 Å². The minimum absolute atomic E-state index is 0.0242. The maximum absolute atomic E-state index is 11.9. The predicted molar refractivity (Wildman–Crippen MR) is 114 cm³/mol. The van der Waals surface area contributed by atoms with Crippen molar-refractivity contribution in [1.29, 1.82) is 0 Å².